The molecule has 21 heavy (non-hydrogen) atoms. The quantitative estimate of drug-likeness (QED) is 0.830. The summed E-state index contributed by atoms with van der Waals surface area (Å²) in [5.41, 5.74) is 5.53. The zero-order valence-corrected chi connectivity index (χ0v) is 12.7. The highest BCUT2D eigenvalue weighted by molar-refractivity contribution is 7.89. The van der Waals surface area contributed by atoms with Gasteiger partial charge in [0.2, 0.25) is 10.0 Å². The average Bonchev–Trinajstić information content (AvgIpc) is 2.53. The highest BCUT2D eigenvalue weighted by Gasteiger charge is 2.29. The molecule has 1 aliphatic rings. The fourth-order valence-electron chi connectivity index (χ4n) is 2.40. The van der Waals surface area contributed by atoms with Crippen molar-refractivity contribution in [2.75, 3.05) is 26.2 Å². The number of nitrogens with one attached hydrogen (secondary N) is 1. The van der Waals surface area contributed by atoms with Gasteiger partial charge >= 0.3 is 0 Å². The van der Waals surface area contributed by atoms with Crippen molar-refractivity contribution in [3.8, 4) is 0 Å². The zero-order valence-electron chi connectivity index (χ0n) is 11.9. The van der Waals surface area contributed by atoms with Crippen molar-refractivity contribution >= 4 is 15.9 Å². The summed E-state index contributed by atoms with van der Waals surface area (Å²) in [4.78, 5) is 12.2. The fraction of sp³-hybridized carbons (Fsp3) is 0.500. The van der Waals surface area contributed by atoms with Crippen LogP contribution in [0.1, 0.15) is 29.6 Å². The van der Waals surface area contributed by atoms with Crippen LogP contribution in [-0.4, -0.2) is 44.8 Å². The van der Waals surface area contributed by atoms with Gasteiger partial charge in [-0.1, -0.05) is 18.6 Å². The van der Waals surface area contributed by atoms with E-state index in [4.69, 9.17) is 5.73 Å². The van der Waals surface area contributed by atoms with Crippen molar-refractivity contribution in [1.29, 1.82) is 0 Å². The number of carbonyl (C=O) groups excluding carboxylic acids is 1. The zero-order chi connectivity index (χ0) is 15.3. The molecule has 1 saturated heterocycles. The molecule has 2 rings (SSSR count). The van der Waals surface area contributed by atoms with Gasteiger partial charge in [0.15, 0.2) is 0 Å². The number of hydrogen-bond acceptors (Lipinski definition) is 4. The van der Waals surface area contributed by atoms with Crippen LogP contribution in [0.4, 0.5) is 0 Å². The Bertz CT molecular complexity index is 595. The fourth-order valence-corrected chi connectivity index (χ4v) is 4.11. The van der Waals surface area contributed by atoms with E-state index in [0.29, 0.717) is 26.2 Å². The molecule has 116 valence electrons. The van der Waals surface area contributed by atoms with Crippen LogP contribution in [-0.2, 0) is 10.0 Å². The van der Waals surface area contributed by atoms with Crippen molar-refractivity contribution in [2.45, 2.75) is 24.2 Å². The van der Waals surface area contributed by atoms with Crippen molar-refractivity contribution in [3.63, 3.8) is 0 Å². The molecule has 1 amide bonds. The van der Waals surface area contributed by atoms with E-state index in [9.17, 15) is 13.2 Å². The van der Waals surface area contributed by atoms with Crippen LogP contribution in [0.5, 0.6) is 0 Å². The van der Waals surface area contributed by atoms with E-state index in [1.165, 1.54) is 16.4 Å². The van der Waals surface area contributed by atoms with E-state index in [2.05, 4.69) is 5.32 Å². The minimum Gasteiger partial charge on any atom is -0.351 e. The Hall–Kier alpha value is -1.44. The monoisotopic (exact) mass is 311 g/mol. The number of hydrogen-bond donors (Lipinski definition) is 2. The summed E-state index contributed by atoms with van der Waals surface area (Å²) in [6.45, 7) is 1.66. The predicted octanol–water partition coefficient (Wildman–Crippen LogP) is 0.550. The lowest BCUT2D eigenvalue weighted by Crippen LogP contribution is -2.37. The third-order valence-electron chi connectivity index (χ3n) is 3.49. The van der Waals surface area contributed by atoms with E-state index in [1.54, 1.807) is 12.1 Å². The van der Waals surface area contributed by atoms with Crippen LogP contribution < -0.4 is 11.1 Å². The SMILES string of the molecule is NCCNC(=O)c1ccccc1S(=O)(=O)N1CCCCC1. The van der Waals surface area contributed by atoms with Crippen LogP contribution in [0.15, 0.2) is 29.2 Å². The van der Waals surface area contributed by atoms with Gasteiger partial charge in [0.05, 0.1) is 10.5 Å². The minimum absolute atomic E-state index is 0.0708. The molecule has 0 aromatic heterocycles. The summed E-state index contributed by atoms with van der Waals surface area (Å²) in [5, 5.41) is 2.62. The number of benzene rings is 1. The molecule has 0 unspecified atom stereocenters. The third-order valence-corrected chi connectivity index (χ3v) is 5.45. The van der Waals surface area contributed by atoms with Crippen molar-refractivity contribution in [1.82, 2.24) is 9.62 Å². The topological polar surface area (TPSA) is 92.5 Å². The molecule has 6 nitrogen and oxygen atoms in total. The normalized spacial score (nSPS) is 16.6. The van der Waals surface area contributed by atoms with Gasteiger partial charge < -0.3 is 11.1 Å². The maximum Gasteiger partial charge on any atom is 0.252 e. The second-order valence-electron chi connectivity index (χ2n) is 5.01. The van der Waals surface area contributed by atoms with Crippen LogP contribution in [0.3, 0.4) is 0 Å². The van der Waals surface area contributed by atoms with Crippen molar-refractivity contribution < 1.29 is 13.2 Å². The molecule has 1 aromatic rings. The molecule has 0 atom stereocenters. The Labute approximate surface area is 125 Å². The van der Waals surface area contributed by atoms with Gasteiger partial charge in [0.25, 0.3) is 5.91 Å². The largest absolute Gasteiger partial charge is 0.351 e. The van der Waals surface area contributed by atoms with Crippen LogP contribution in [0.2, 0.25) is 0 Å². The lowest BCUT2D eigenvalue weighted by atomic mass is 10.2. The van der Waals surface area contributed by atoms with Crippen LogP contribution in [0.25, 0.3) is 0 Å². The summed E-state index contributed by atoms with van der Waals surface area (Å²) in [7, 11) is -3.62. The molecule has 0 saturated carbocycles. The summed E-state index contributed by atoms with van der Waals surface area (Å²) < 4.78 is 26.9. The second kappa shape index (κ2) is 7.02. The number of sulfonamides is 1. The molecule has 0 radical (unpaired) electrons. The molecule has 3 N–H and O–H groups in total. The van der Waals surface area contributed by atoms with Crippen molar-refractivity contribution in [3.05, 3.63) is 29.8 Å². The number of nitrogens with zero attached hydrogens (tertiary/aromatic N) is 1. The van der Waals surface area contributed by atoms with E-state index in [0.717, 1.165) is 19.3 Å². The van der Waals surface area contributed by atoms with Gasteiger partial charge in [0.1, 0.15) is 0 Å². The number of amides is 1. The summed E-state index contributed by atoms with van der Waals surface area (Å²) in [6.07, 6.45) is 2.77. The van der Waals surface area contributed by atoms with Gasteiger partial charge in [0, 0.05) is 26.2 Å². The first kappa shape index (κ1) is 15.9. The van der Waals surface area contributed by atoms with Gasteiger partial charge in [-0.15, -0.1) is 0 Å². The summed E-state index contributed by atoms with van der Waals surface area (Å²) >= 11 is 0. The molecule has 1 aromatic carbocycles. The van der Waals surface area contributed by atoms with Crippen LogP contribution >= 0.6 is 0 Å². The highest BCUT2D eigenvalue weighted by atomic mass is 32.2. The second-order valence-corrected chi connectivity index (χ2v) is 6.91. The average molecular weight is 311 g/mol. The van der Waals surface area contributed by atoms with Gasteiger partial charge in [-0.05, 0) is 25.0 Å². The predicted molar refractivity (Wildman–Crippen MR) is 80.4 cm³/mol. The Morgan fingerprint density at radius 2 is 1.86 bits per heavy atom. The Morgan fingerprint density at radius 1 is 1.19 bits per heavy atom. The third kappa shape index (κ3) is 3.61. The first-order valence-corrected chi connectivity index (χ1v) is 8.59. The number of carbonyl (C=O) groups is 1. The van der Waals surface area contributed by atoms with Gasteiger partial charge in [-0.25, -0.2) is 8.42 Å². The molecule has 0 spiro atoms. The molecule has 0 bridgehead atoms. The highest BCUT2D eigenvalue weighted by Crippen LogP contribution is 2.23. The Kier molecular flexibility index (Phi) is 5.33. The molecule has 1 aliphatic heterocycles. The molecule has 1 fully saturated rings. The summed E-state index contributed by atoms with van der Waals surface area (Å²) in [5.74, 6) is -0.406. The molecular weight excluding hydrogens is 290 g/mol. The van der Waals surface area contributed by atoms with Crippen LogP contribution in [0, 0.1) is 0 Å². The Balaban J connectivity index is 2.32. The first-order valence-electron chi connectivity index (χ1n) is 7.15. The van der Waals surface area contributed by atoms with E-state index >= 15 is 0 Å². The van der Waals surface area contributed by atoms with Crippen molar-refractivity contribution in [2.24, 2.45) is 5.73 Å². The Morgan fingerprint density at radius 3 is 2.52 bits per heavy atom. The molecule has 1 heterocycles. The molecule has 7 heteroatoms. The maximum atomic E-state index is 12.7. The van der Waals surface area contributed by atoms with Gasteiger partial charge in [-0.3, -0.25) is 4.79 Å². The number of rotatable bonds is 5. The maximum absolute atomic E-state index is 12.7. The molecular formula is C14H21N3O3S. The lowest BCUT2D eigenvalue weighted by Gasteiger charge is -2.26. The van der Waals surface area contributed by atoms with E-state index < -0.39 is 15.9 Å². The number of nitrogens with two attached hydrogens (primary N) is 1. The smallest absolute Gasteiger partial charge is 0.252 e. The standard InChI is InChI=1S/C14H21N3O3S/c15-8-9-16-14(18)12-6-2-3-7-13(12)21(19,20)17-10-4-1-5-11-17/h2-3,6-7H,1,4-5,8-11,15H2,(H,16,18). The first-order chi connectivity index (χ1) is 10.1. The number of piperidine rings is 1. The summed E-state index contributed by atoms with van der Waals surface area (Å²) in [6, 6.07) is 6.31. The van der Waals surface area contributed by atoms with E-state index in [-0.39, 0.29) is 10.5 Å². The minimum atomic E-state index is -3.62. The van der Waals surface area contributed by atoms with Gasteiger partial charge in [-0.2, -0.15) is 4.31 Å². The van der Waals surface area contributed by atoms with E-state index in [1.807, 2.05) is 0 Å². The molecule has 0 aliphatic carbocycles. The lowest BCUT2D eigenvalue weighted by molar-refractivity contribution is 0.0951.